The maximum absolute atomic E-state index is 12.7. The third-order valence-electron chi connectivity index (χ3n) is 3.73. The first-order valence-corrected chi connectivity index (χ1v) is 8.45. The van der Waals surface area contributed by atoms with E-state index in [0.29, 0.717) is 4.47 Å². The molecule has 1 nitrogen and oxygen atoms in total. The second kappa shape index (κ2) is 7.49. The normalized spacial score (nSPS) is 13.8. The first-order valence-electron chi connectivity index (χ1n) is 7.65. The van der Waals surface area contributed by atoms with E-state index in [2.05, 4.69) is 27.3 Å². The van der Waals surface area contributed by atoms with Gasteiger partial charge in [-0.25, -0.2) is 0 Å². The van der Waals surface area contributed by atoms with E-state index in [4.69, 9.17) is 0 Å². The van der Waals surface area contributed by atoms with E-state index in [0.717, 1.165) is 42.8 Å². The van der Waals surface area contributed by atoms with Crippen molar-refractivity contribution in [3.8, 4) is 11.1 Å². The molecular formula is C18H19BrF3N. The molecule has 0 aromatic heterocycles. The monoisotopic (exact) mass is 385 g/mol. The van der Waals surface area contributed by atoms with Crippen LogP contribution in [-0.2, 0) is 19.1 Å². The molecule has 0 amide bonds. The standard InChI is InChI=1S/C16H13BrF3N.C2H6/c17-15-8-11(16(18,19)20)4-5-14(15)13-3-1-2-10-9-21-7-6-12(10)13;1-2/h1-5,8,21H,6-7,9H2;1-2H3. The van der Waals surface area contributed by atoms with Gasteiger partial charge in [0.2, 0.25) is 0 Å². The molecule has 0 bridgehead atoms. The summed E-state index contributed by atoms with van der Waals surface area (Å²) in [6.07, 6.45) is -3.43. The summed E-state index contributed by atoms with van der Waals surface area (Å²) in [6.45, 7) is 5.70. The molecule has 1 heterocycles. The maximum atomic E-state index is 12.7. The Morgan fingerprint density at radius 1 is 1.04 bits per heavy atom. The van der Waals surface area contributed by atoms with Gasteiger partial charge in [0.05, 0.1) is 5.56 Å². The molecule has 0 unspecified atom stereocenters. The molecule has 2 aromatic rings. The first kappa shape index (κ1) is 18.0. The Labute approximate surface area is 143 Å². The summed E-state index contributed by atoms with van der Waals surface area (Å²) in [7, 11) is 0. The summed E-state index contributed by atoms with van der Waals surface area (Å²) in [5.74, 6) is 0. The minimum atomic E-state index is -4.32. The van der Waals surface area contributed by atoms with Crippen LogP contribution < -0.4 is 5.32 Å². The molecule has 2 aromatic carbocycles. The van der Waals surface area contributed by atoms with Crippen LogP contribution in [0.3, 0.4) is 0 Å². The minimum Gasteiger partial charge on any atom is -0.312 e. The number of nitrogens with one attached hydrogen (secondary N) is 1. The number of fused-ring (bicyclic) bond motifs is 1. The summed E-state index contributed by atoms with van der Waals surface area (Å²) in [4.78, 5) is 0. The van der Waals surface area contributed by atoms with Gasteiger partial charge in [-0.2, -0.15) is 13.2 Å². The SMILES string of the molecule is CC.FC(F)(F)c1ccc(-c2cccc3c2CCNC3)c(Br)c1. The van der Waals surface area contributed by atoms with E-state index in [1.807, 2.05) is 26.0 Å². The average molecular weight is 386 g/mol. The Morgan fingerprint density at radius 2 is 1.78 bits per heavy atom. The van der Waals surface area contributed by atoms with E-state index in [-0.39, 0.29) is 0 Å². The molecule has 0 saturated carbocycles. The van der Waals surface area contributed by atoms with Gasteiger partial charge in [0, 0.05) is 11.0 Å². The number of halogens is 4. The lowest BCUT2D eigenvalue weighted by atomic mass is 9.91. The zero-order valence-electron chi connectivity index (χ0n) is 13.1. The van der Waals surface area contributed by atoms with Crippen LogP contribution in [0.15, 0.2) is 40.9 Å². The van der Waals surface area contributed by atoms with E-state index in [1.54, 1.807) is 6.07 Å². The van der Waals surface area contributed by atoms with Crippen LogP contribution in [0.25, 0.3) is 11.1 Å². The van der Waals surface area contributed by atoms with Crippen LogP contribution in [0.1, 0.15) is 30.5 Å². The molecule has 0 aliphatic carbocycles. The van der Waals surface area contributed by atoms with Crippen molar-refractivity contribution in [3.05, 3.63) is 57.6 Å². The molecule has 0 spiro atoms. The second-order valence-corrected chi connectivity index (χ2v) is 5.92. The maximum Gasteiger partial charge on any atom is 0.416 e. The zero-order valence-corrected chi connectivity index (χ0v) is 14.7. The number of hydrogen-bond donors (Lipinski definition) is 1. The lowest BCUT2D eigenvalue weighted by Crippen LogP contribution is -2.24. The lowest BCUT2D eigenvalue weighted by Gasteiger charge is -2.21. The fourth-order valence-corrected chi connectivity index (χ4v) is 3.29. The van der Waals surface area contributed by atoms with Crippen molar-refractivity contribution >= 4 is 15.9 Å². The lowest BCUT2D eigenvalue weighted by molar-refractivity contribution is -0.137. The Morgan fingerprint density at radius 3 is 2.43 bits per heavy atom. The minimum absolute atomic E-state index is 0.476. The highest BCUT2D eigenvalue weighted by molar-refractivity contribution is 9.10. The predicted molar refractivity (Wildman–Crippen MR) is 91.3 cm³/mol. The highest BCUT2D eigenvalue weighted by Crippen LogP contribution is 2.37. The van der Waals surface area contributed by atoms with Gasteiger partial charge >= 0.3 is 6.18 Å². The molecule has 0 atom stereocenters. The molecule has 0 radical (unpaired) electrons. The molecule has 1 aliphatic rings. The van der Waals surface area contributed by atoms with E-state index < -0.39 is 11.7 Å². The molecule has 0 fully saturated rings. The molecule has 1 N–H and O–H groups in total. The third-order valence-corrected chi connectivity index (χ3v) is 4.38. The topological polar surface area (TPSA) is 12.0 Å². The molecule has 1 aliphatic heterocycles. The number of alkyl halides is 3. The van der Waals surface area contributed by atoms with Crippen LogP contribution >= 0.6 is 15.9 Å². The smallest absolute Gasteiger partial charge is 0.312 e. The molecule has 124 valence electrons. The Hall–Kier alpha value is -1.33. The van der Waals surface area contributed by atoms with Gasteiger partial charge in [0.15, 0.2) is 0 Å². The molecule has 23 heavy (non-hydrogen) atoms. The number of rotatable bonds is 1. The summed E-state index contributed by atoms with van der Waals surface area (Å²) >= 11 is 3.29. The van der Waals surface area contributed by atoms with Gasteiger partial charge < -0.3 is 5.32 Å². The zero-order chi connectivity index (χ0) is 17.0. The molecule has 0 saturated heterocycles. The van der Waals surface area contributed by atoms with E-state index in [9.17, 15) is 13.2 Å². The summed E-state index contributed by atoms with van der Waals surface area (Å²) in [5.41, 5.74) is 3.61. The van der Waals surface area contributed by atoms with Crippen molar-refractivity contribution in [2.75, 3.05) is 6.54 Å². The average Bonchev–Trinajstić information content (AvgIpc) is 2.55. The van der Waals surface area contributed by atoms with Gasteiger partial charge in [0.1, 0.15) is 0 Å². The fraction of sp³-hybridized carbons (Fsp3) is 0.333. The highest BCUT2D eigenvalue weighted by atomic mass is 79.9. The molecule has 5 heteroatoms. The van der Waals surface area contributed by atoms with Gasteiger partial charge in [-0.3, -0.25) is 0 Å². The van der Waals surface area contributed by atoms with Crippen LogP contribution in [-0.4, -0.2) is 6.54 Å². The van der Waals surface area contributed by atoms with Crippen molar-refractivity contribution in [2.24, 2.45) is 0 Å². The quantitative estimate of drug-likeness (QED) is 0.653. The van der Waals surface area contributed by atoms with Crippen molar-refractivity contribution in [2.45, 2.75) is 33.0 Å². The summed E-state index contributed by atoms with van der Waals surface area (Å²) < 4.78 is 38.7. The predicted octanol–water partition coefficient (Wildman–Crippen LogP) is 5.81. The fourth-order valence-electron chi connectivity index (χ4n) is 2.69. The Kier molecular flexibility index (Phi) is 5.87. The molecular weight excluding hydrogens is 367 g/mol. The summed E-state index contributed by atoms with van der Waals surface area (Å²) in [5, 5.41) is 3.30. The van der Waals surface area contributed by atoms with Crippen molar-refractivity contribution in [1.29, 1.82) is 0 Å². The largest absolute Gasteiger partial charge is 0.416 e. The Bertz CT molecular complexity index is 680. The van der Waals surface area contributed by atoms with Gasteiger partial charge in [-0.1, -0.05) is 54.0 Å². The first-order chi connectivity index (χ1) is 11.0. The van der Waals surface area contributed by atoms with Crippen LogP contribution in [0.5, 0.6) is 0 Å². The van der Waals surface area contributed by atoms with Crippen molar-refractivity contribution in [1.82, 2.24) is 5.32 Å². The van der Waals surface area contributed by atoms with E-state index >= 15 is 0 Å². The van der Waals surface area contributed by atoms with Crippen LogP contribution in [0.4, 0.5) is 13.2 Å². The van der Waals surface area contributed by atoms with Crippen LogP contribution in [0.2, 0.25) is 0 Å². The van der Waals surface area contributed by atoms with Gasteiger partial charge in [0.25, 0.3) is 0 Å². The van der Waals surface area contributed by atoms with Crippen molar-refractivity contribution in [3.63, 3.8) is 0 Å². The summed E-state index contributed by atoms with van der Waals surface area (Å²) in [6, 6.07) is 9.81. The third kappa shape index (κ3) is 3.96. The van der Waals surface area contributed by atoms with Crippen LogP contribution in [0, 0.1) is 0 Å². The second-order valence-electron chi connectivity index (χ2n) is 5.06. The number of benzene rings is 2. The number of hydrogen-bond acceptors (Lipinski definition) is 1. The van der Waals surface area contributed by atoms with Gasteiger partial charge in [-0.15, -0.1) is 0 Å². The van der Waals surface area contributed by atoms with Gasteiger partial charge in [-0.05, 0) is 47.4 Å². The van der Waals surface area contributed by atoms with E-state index in [1.165, 1.54) is 11.1 Å². The Balaban J connectivity index is 0.000000924. The molecule has 3 rings (SSSR count). The highest BCUT2D eigenvalue weighted by Gasteiger charge is 2.31. The van der Waals surface area contributed by atoms with Crippen molar-refractivity contribution < 1.29 is 13.2 Å².